The Morgan fingerprint density at radius 1 is 0.967 bits per heavy atom. The second kappa shape index (κ2) is 8.95. The van der Waals surface area contributed by atoms with Crippen molar-refractivity contribution in [3.8, 4) is 5.75 Å². The highest BCUT2D eigenvalue weighted by atomic mass is 35.5. The molecule has 0 bridgehead atoms. The summed E-state index contributed by atoms with van der Waals surface area (Å²) in [7, 11) is -2.55. The van der Waals surface area contributed by atoms with Crippen LogP contribution in [0.5, 0.6) is 5.75 Å². The average molecular weight is 465 g/mol. The van der Waals surface area contributed by atoms with Gasteiger partial charge in [0.15, 0.2) is 0 Å². The van der Waals surface area contributed by atoms with Crippen molar-refractivity contribution < 1.29 is 17.9 Å². The average Bonchev–Trinajstić information content (AvgIpc) is 2.67. The van der Waals surface area contributed by atoms with Crippen LogP contribution in [0, 0.1) is 6.92 Å². The van der Waals surface area contributed by atoms with Gasteiger partial charge in [0.25, 0.3) is 15.9 Å². The fourth-order valence-electron chi connectivity index (χ4n) is 2.80. The Kier molecular flexibility index (Phi) is 6.55. The molecule has 6 nitrogen and oxygen atoms in total. The SMILES string of the molecule is COc1ccc(S(=O)(=O)Nc2cc(Cl)cc(Cl)c2)cc1NC(=O)c1ccccc1C. The lowest BCUT2D eigenvalue weighted by atomic mass is 10.1. The van der Waals surface area contributed by atoms with E-state index in [-0.39, 0.29) is 22.2 Å². The largest absolute Gasteiger partial charge is 0.495 e. The predicted molar refractivity (Wildman–Crippen MR) is 119 cm³/mol. The summed E-state index contributed by atoms with van der Waals surface area (Å²) >= 11 is 11.9. The maximum Gasteiger partial charge on any atom is 0.261 e. The summed E-state index contributed by atoms with van der Waals surface area (Å²) in [5.41, 5.74) is 1.70. The number of sulfonamides is 1. The van der Waals surface area contributed by atoms with Crippen molar-refractivity contribution in [2.75, 3.05) is 17.1 Å². The fraction of sp³-hybridized carbons (Fsp3) is 0.0952. The monoisotopic (exact) mass is 464 g/mol. The molecule has 156 valence electrons. The quantitative estimate of drug-likeness (QED) is 0.513. The third kappa shape index (κ3) is 5.05. The van der Waals surface area contributed by atoms with Crippen LogP contribution in [0.4, 0.5) is 11.4 Å². The van der Waals surface area contributed by atoms with Crippen LogP contribution >= 0.6 is 23.2 Å². The Balaban J connectivity index is 1.93. The zero-order valence-electron chi connectivity index (χ0n) is 16.1. The second-order valence-corrected chi connectivity index (χ2v) is 8.95. The molecule has 0 atom stereocenters. The third-order valence-corrected chi connectivity index (χ3v) is 6.05. The van der Waals surface area contributed by atoms with Crippen molar-refractivity contribution in [3.63, 3.8) is 0 Å². The van der Waals surface area contributed by atoms with Gasteiger partial charge in [-0.1, -0.05) is 41.4 Å². The van der Waals surface area contributed by atoms with Crippen LogP contribution in [-0.2, 0) is 10.0 Å². The molecule has 1 amide bonds. The number of hydrogen-bond donors (Lipinski definition) is 2. The number of hydrogen-bond acceptors (Lipinski definition) is 4. The number of halogens is 2. The summed E-state index contributed by atoms with van der Waals surface area (Å²) in [6.07, 6.45) is 0. The van der Waals surface area contributed by atoms with E-state index in [0.717, 1.165) is 5.56 Å². The van der Waals surface area contributed by atoms with Crippen molar-refractivity contribution in [1.82, 2.24) is 0 Å². The Hall–Kier alpha value is -2.74. The minimum atomic E-state index is -3.98. The highest BCUT2D eigenvalue weighted by Crippen LogP contribution is 2.30. The zero-order chi connectivity index (χ0) is 21.9. The summed E-state index contributed by atoms with van der Waals surface area (Å²) in [5.74, 6) is -0.0581. The van der Waals surface area contributed by atoms with Crippen molar-refractivity contribution in [2.24, 2.45) is 0 Å². The molecule has 3 aromatic rings. The molecule has 0 radical (unpaired) electrons. The number of rotatable bonds is 6. The van der Waals surface area contributed by atoms with Crippen molar-refractivity contribution in [1.29, 1.82) is 0 Å². The number of amides is 1. The molecule has 3 rings (SSSR count). The van der Waals surface area contributed by atoms with Crippen LogP contribution in [0.2, 0.25) is 10.0 Å². The maximum absolute atomic E-state index is 12.8. The lowest BCUT2D eigenvalue weighted by molar-refractivity contribution is 0.102. The van der Waals surface area contributed by atoms with Crippen molar-refractivity contribution in [2.45, 2.75) is 11.8 Å². The van der Waals surface area contributed by atoms with Gasteiger partial charge < -0.3 is 10.1 Å². The molecule has 3 aromatic carbocycles. The van der Waals surface area contributed by atoms with E-state index >= 15 is 0 Å². The van der Waals surface area contributed by atoms with Gasteiger partial charge in [-0.05, 0) is 55.0 Å². The van der Waals surface area contributed by atoms with E-state index in [0.29, 0.717) is 21.4 Å². The third-order valence-electron chi connectivity index (χ3n) is 4.23. The van der Waals surface area contributed by atoms with Crippen LogP contribution < -0.4 is 14.8 Å². The van der Waals surface area contributed by atoms with Gasteiger partial charge in [0, 0.05) is 15.6 Å². The number of methoxy groups -OCH3 is 1. The molecule has 0 unspecified atom stereocenters. The number of carbonyl (C=O) groups excluding carboxylic acids is 1. The van der Waals surface area contributed by atoms with Crippen LogP contribution in [0.25, 0.3) is 0 Å². The first-order valence-electron chi connectivity index (χ1n) is 8.73. The predicted octanol–water partition coefficient (Wildman–Crippen LogP) is 5.36. The standard InChI is InChI=1S/C21H18Cl2N2O4S/c1-13-5-3-4-6-18(13)21(26)24-19-12-17(7-8-20(19)29-2)30(27,28)25-16-10-14(22)9-15(23)11-16/h3-12,25H,1-2H3,(H,24,26). The normalized spacial score (nSPS) is 11.1. The second-order valence-electron chi connectivity index (χ2n) is 6.39. The van der Waals surface area contributed by atoms with Gasteiger partial charge >= 0.3 is 0 Å². The van der Waals surface area contributed by atoms with Gasteiger partial charge in [0.05, 0.1) is 23.4 Å². The number of nitrogens with one attached hydrogen (secondary N) is 2. The molecule has 0 aliphatic heterocycles. The van der Waals surface area contributed by atoms with E-state index in [9.17, 15) is 13.2 Å². The van der Waals surface area contributed by atoms with Crippen LogP contribution in [0.15, 0.2) is 65.6 Å². The van der Waals surface area contributed by atoms with Gasteiger partial charge in [0.2, 0.25) is 0 Å². The van der Waals surface area contributed by atoms with Gasteiger partial charge in [-0.3, -0.25) is 9.52 Å². The molecule has 0 aromatic heterocycles. The first-order valence-corrected chi connectivity index (χ1v) is 11.0. The number of ether oxygens (including phenoxy) is 1. The molecular weight excluding hydrogens is 447 g/mol. The number of carbonyl (C=O) groups is 1. The summed E-state index contributed by atoms with van der Waals surface area (Å²) in [6.45, 7) is 1.81. The van der Waals surface area contributed by atoms with Gasteiger partial charge in [-0.15, -0.1) is 0 Å². The number of aryl methyl sites for hydroxylation is 1. The topological polar surface area (TPSA) is 84.5 Å². The van der Waals surface area contributed by atoms with E-state index in [1.54, 1.807) is 12.1 Å². The lowest BCUT2D eigenvalue weighted by Crippen LogP contribution is -2.16. The number of benzene rings is 3. The summed E-state index contributed by atoms with van der Waals surface area (Å²) in [4.78, 5) is 12.6. The first-order chi connectivity index (χ1) is 14.2. The highest BCUT2D eigenvalue weighted by molar-refractivity contribution is 7.92. The molecule has 9 heteroatoms. The lowest BCUT2D eigenvalue weighted by Gasteiger charge is -2.14. The Labute approximate surface area is 184 Å². The Bertz CT molecular complexity index is 1190. The minimum absolute atomic E-state index is 0.0699. The molecule has 0 spiro atoms. The van der Waals surface area contributed by atoms with Gasteiger partial charge in [-0.2, -0.15) is 0 Å². The van der Waals surface area contributed by atoms with Crippen LogP contribution in [-0.4, -0.2) is 21.4 Å². The first kappa shape index (κ1) is 22.0. The van der Waals surface area contributed by atoms with E-state index in [1.807, 2.05) is 19.1 Å². The van der Waals surface area contributed by atoms with Crippen LogP contribution in [0.3, 0.4) is 0 Å². The molecular formula is C21H18Cl2N2O4S. The maximum atomic E-state index is 12.8. The molecule has 30 heavy (non-hydrogen) atoms. The van der Waals surface area contributed by atoms with Gasteiger partial charge in [0.1, 0.15) is 5.75 Å². The zero-order valence-corrected chi connectivity index (χ0v) is 18.4. The minimum Gasteiger partial charge on any atom is -0.495 e. The smallest absolute Gasteiger partial charge is 0.261 e. The molecule has 0 aliphatic rings. The van der Waals surface area contributed by atoms with E-state index in [1.165, 1.54) is 43.5 Å². The van der Waals surface area contributed by atoms with Crippen molar-refractivity contribution in [3.05, 3.63) is 81.8 Å². The Morgan fingerprint density at radius 2 is 1.63 bits per heavy atom. The van der Waals surface area contributed by atoms with E-state index in [2.05, 4.69) is 10.0 Å². The molecule has 0 saturated carbocycles. The molecule has 0 saturated heterocycles. The van der Waals surface area contributed by atoms with Crippen LogP contribution in [0.1, 0.15) is 15.9 Å². The summed E-state index contributed by atoms with van der Waals surface area (Å²) in [6, 6.07) is 15.6. The van der Waals surface area contributed by atoms with Crippen molar-refractivity contribution >= 4 is 50.5 Å². The number of anilines is 2. The van der Waals surface area contributed by atoms with E-state index in [4.69, 9.17) is 27.9 Å². The van der Waals surface area contributed by atoms with Gasteiger partial charge in [-0.25, -0.2) is 8.42 Å². The fourth-order valence-corrected chi connectivity index (χ4v) is 4.39. The highest BCUT2D eigenvalue weighted by Gasteiger charge is 2.19. The molecule has 0 aliphatic carbocycles. The Morgan fingerprint density at radius 3 is 2.27 bits per heavy atom. The summed E-state index contributed by atoms with van der Waals surface area (Å²) < 4.78 is 33.4. The molecule has 0 fully saturated rings. The molecule has 2 N–H and O–H groups in total. The molecule has 0 heterocycles. The van der Waals surface area contributed by atoms with E-state index < -0.39 is 10.0 Å². The summed E-state index contributed by atoms with van der Waals surface area (Å²) in [5, 5.41) is 3.30.